The van der Waals surface area contributed by atoms with Crippen molar-refractivity contribution >= 4 is 17.5 Å². The molecule has 3 aromatic rings. The Morgan fingerprint density at radius 2 is 1.97 bits per heavy atom. The zero-order valence-corrected chi connectivity index (χ0v) is 19.6. The van der Waals surface area contributed by atoms with Crippen LogP contribution in [-0.2, 0) is 19.1 Å². The summed E-state index contributed by atoms with van der Waals surface area (Å²) in [6.45, 7) is -0.0253. The molecule has 3 heterocycles. The van der Waals surface area contributed by atoms with Gasteiger partial charge in [0, 0.05) is 36.5 Å². The van der Waals surface area contributed by atoms with Crippen LogP contribution in [0.1, 0.15) is 51.8 Å². The normalized spacial score (nSPS) is 19.0. The van der Waals surface area contributed by atoms with E-state index in [1.807, 2.05) is 12.1 Å². The van der Waals surface area contributed by atoms with E-state index in [-0.39, 0.29) is 30.2 Å². The number of alkyl halides is 3. The van der Waals surface area contributed by atoms with Gasteiger partial charge in [0.2, 0.25) is 0 Å². The van der Waals surface area contributed by atoms with Crippen LogP contribution in [0.25, 0.3) is 0 Å². The van der Waals surface area contributed by atoms with E-state index in [4.69, 9.17) is 11.6 Å². The molecule has 7 nitrogen and oxygen atoms in total. The average molecular weight is 508 g/mol. The number of carbonyl (C=O) groups excluding carboxylic acids is 1. The molecular weight excluding hydrogens is 483 g/mol. The van der Waals surface area contributed by atoms with Crippen molar-refractivity contribution in [1.82, 2.24) is 25.4 Å². The third-order valence-corrected chi connectivity index (χ3v) is 6.33. The Labute approximate surface area is 205 Å². The molecule has 11 heteroatoms. The van der Waals surface area contributed by atoms with Gasteiger partial charge in [-0.05, 0) is 49.1 Å². The maximum atomic E-state index is 12.7. The zero-order chi connectivity index (χ0) is 25.2. The van der Waals surface area contributed by atoms with Gasteiger partial charge in [0.25, 0.3) is 5.91 Å². The first-order valence-electron chi connectivity index (χ1n) is 11.1. The third-order valence-electron chi connectivity index (χ3n) is 6.11. The molecule has 0 spiro atoms. The number of benzene rings is 1. The van der Waals surface area contributed by atoms with E-state index in [1.54, 1.807) is 30.5 Å². The molecule has 1 fully saturated rings. The van der Waals surface area contributed by atoms with Gasteiger partial charge in [-0.1, -0.05) is 29.8 Å². The molecule has 1 saturated heterocycles. The molecule has 186 valence electrons. The number of aliphatic hydroxyl groups is 1. The number of H-pyrrole nitrogens is 1. The number of amides is 1. The summed E-state index contributed by atoms with van der Waals surface area (Å²) >= 11 is 5.82. The minimum atomic E-state index is -4.54. The molecule has 1 aliphatic rings. The van der Waals surface area contributed by atoms with Crippen LogP contribution >= 0.6 is 11.6 Å². The van der Waals surface area contributed by atoms with Gasteiger partial charge in [-0.3, -0.25) is 9.89 Å². The number of hydrogen-bond acceptors (Lipinski definition) is 5. The lowest BCUT2D eigenvalue weighted by Gasteiger charge is -2.20. The van der Waals surface area contributed by atoms with Crippen molar-refractivity contribution in [2.45, 2.75) is 50.2 Å². The molecule has 0 saturated carbocycles. The predicted octanol–water partition coefficient (Wildman–Crippen LogP) is 4.15. The van der Waals surface area contributed by atoms with Crippen molar-refractivity contribution in [1.29, 1.82) is 0 Å². The molecule has 35 heavy (non-hydrogen) atoms. The van der Waals surface area contributed by atoms with Crippen LogP contribution in [-0.4, -0.2) is 50.2 Å². The number of pyridine rings is 1. The Bertz CT molecular complexity index is 1150. The first kappa shape index (κ1) is 25.2. The number of nitrogens with zero attached hydrogens (tertiary/aromatic N) is 3. The van der Waals surface area contributed by atoms with Gasteiger partial charge >= 0.3 is 6.18 Å². The standard InChI is InChI=1S/C24H25ClF3N5O2/c1-33(13-18-11-20(32-31-18)24(26,27)28)23(35)15-4-2-14(3-5-15)10-17-7-8-19(30-17)22(34)16-6-9-21(25)29-12-16/h2-6,9,11-12,17,19,22,30,34H,7-8,10,13H2,1H3,(H,31,32)/t17-,19+,22?/m0/s1. The molecular formula is C24H25ClF3N5O2. The molecule has 2 aromatic heterocycles. The fourth-order valence-electron chi connectivity index (χ4n) is 4.26. The second-order valence-corrected chi connectivity index (χ2v) is 9.13. The third kappa shape index (κ3) is 6.19. The Morgan fingerprint density at radius 3 is 2.60 bits per heavy atom. The second kappa shape index (κ2) is 10.3. The number of halogens is 4. The number of nitrogens with one attached hydrogen (secondary N) is 2. The highest BCUT2D eigenvalue weighted by atomic mass is 35.5. The smallest absolute Gasteiger partial charge is 0.387 e. The molecule has 4 rings (SSSR count). The molecule has 3 N–H and O–H groups in total. The molecule has 0 aliphatic carbocycles. The SMILES string of the molecule is CN(Cc1cc(C(F)(F)F)n[nH]1)C(=O)c1ccc(C[C@@H]2CC[C@H](C(O)c3ccc(Cl)nc3)N2)cc1. The van der Waals surface area contributed by atoms with E-state index < -0.39 is 18.0 Å². The number of aromatic nitrogens is 3. The molecule has 1 unspecified atom stereocenters. The second-order valence-electron chi connectivity index (χ2n) is 8.74. The largest absolute Gasteiger partial charge is 0.435 e. The van der Waals surface area contributed by atoms with E-state index in [1.165, 1.54) is 11.9 Å². The topological polar surface area (TPSA) is 94.1 Å². The molecule has 1 aliphatic heterocycles. The monoisotopic (exact) mass is 507 g/mol. The first-order chi connectivity index (χ1) is 16.6. The highest BCUT2D eigenvalue weighted by Gasteiger charge is 2.34. The van der Waals surface area contributed by atoms with Crippen LogP contribution in [0, 0.1) is 0 Å². The van der Waals surface area contributed by atoms with Crippen LogP contribution in [0.4, 0.5) is 13.2 Å². The van der Waals surface area contributed by atoms with Gasteiger partial charge < -0.3 is 15.3 Å². The zero-order valence-electron chi connectivity index (χ0n) is 18.9. The van der Waals surface area contributed by atoms with Crippen molar-refractivity contribution < 1.29 is 23.1 Å². The number of aromatic amines is 1. The van der Waals surface area contributed by atoms with Gasteiger partial charge in [0.1, 0.15) is 5.15 Å². The van der Waals surface area contributed by atoms with Crippen LogP contribution in [0.3, 0.4) is 0 Å². The van der Waals surface area contributed by atoms with Crippen molar-refractivity contribution in [3.63, 3.8) is 0 Å². The van der Waals surface area contributed by atoms with Gasteiger partial charge in [-0.15, -0.1) is 0 Å². The van der Waals surface area contributed by atoms with E-state index in [2.05, 4.69) is 20.5 Å². The summed E-state index contributed by atoms with van der Waals surface area (Å²) in [5.41, 5.74) is 1.37. The quantitative estimate of drug-likeness (QED) is 0.418. The highest BCUT2D eigenvalue weighted by Crippen LogP contribution is 2.28. The summed E-state index contributed by atoms with van der Waals surface area (Å²) < 4.78 is 38.1. The van der Waals surface area contributed by atoms with E-state index in [0.29, 0.717) is 16.3 Å². The molecule has 0 radical (unpaired) electrons. The molecule has 3 atom stereocenters. The fourth-order valence-corrected chi connectivity index (χ4v) is 4.37. The van der Waals surface area contributed by atoms with Gasteiger partial charge in [0.05, 0.1) is 18.3 Å². The van der Waals surface area contributed by atoms with Crippen molar-refractivity contribution in [2.75, 3.05) is 7.05 Å². The lowest BCUT2D eigenvalue weighted by molar-refractivity contribution is -0.141. The van der Waals surface area contributed by atoms with Crippen molar-refractivity contribution in [2.24, 2.45) is 0 Å². The van der Waals surface area contributed by atoms with Crippen LogP contribution in [0.15, 0.2) is 48.7 Å². The number of rotatable bonds is 7. The lowest BCUT2D eigenvalue weighted by Crippen LogP contribution is -2.35. The Morgan fingerprint density at radius 1 is 1.23 bits per heavy atom. The van der Waals surface area contributed by atoms with Crippen molar-refractivity contribution in [3.05, 3.63) is 81.9 Å². The van der Waals surface area contributed by atoms with E-state index in [0.717, 1.165) is 30.9 Å². The summed E-state index contributed by atoms with van der Waals surface area (Å²) in [5.74, 6) is -0.307. The van der Waals surface area contributed by atoms with Crippen LogP contribution < -0.4 is 5.32 Å². The average Bonchev–Trinajstić information content (AvgIpc) is 3.49. The minimum absolute atomic E-state index is 0.0253. The lowest BCUT2D eigenvalue weighted by atomic mass is 10.0. The summed E-state index contributed by atoms with van der Waals surface area (Å²) in [7, 11) is 1.52. The number of hydrogen-bond donors (Lipinski definition) is 3. The molecule has 0 bridgehead atoms. The summed E-state index contributed by atoms with van der Waals surface area (Å²) in [4.78, 5) is 18.1. The van der Waals surface area contributed by atoms with Gasteiger partial charge in [0.15, 0.2) is 5.69 Å². The Hall–Kier alpha value is -2.95. The molecule has 1 amide bonds. The van der Waals surface area contributed by atoms with Crippen LogP contribution in [0.2, 0.25) is 5.15 Å². The summed E-state index contributed by atoms with van der Waals surface area (Å²) in [6, 6.07) is 11.6. The minimum Gasteiger partial charge on any atom is -0.387 e. The van der Waals surface area contributed by atoms with E-state index >= 15 is 0 Å². The highest BCUT2D eigenvalue weighted by molar-refractivity contribution is 6.29. The van der Waals surface area contributed by atoms with Crippen molar-refractivity contribution in [3.8, 4) is 0 Å². The summed E-state index contributed by atoms with van der Waals surface area (Å²) in [6.07, 6.45) is -1.18. The van der Waals surface area contributed by atoms with Gasteiger partial charge in [-0.25, -0.2) is 4.98 Å². The molecule has 1 aromatic carbocycles. The fraction of sp³-hybridized carbons (Fsp3) is 0.375. The number of aliphatic hydroxyl groups excluding tert-OH is 1. The predicted molar refractivity (Wildman–Crippen MR) is 124 cm³/mol. The van der Waals surface area contributed by atoms with Crippen LogP contribution in [0.5, 0.6) is 0 Å². The van der Waals surface area contributed by atoms with Gasteiger partial charge in [-0.2, -0.15) is 18.3 Å². The Balaban J connectivity index is 1.30. The Kier molecular flexibility index (Phi) is 7.44. The summed E-state index contributed by atoms with van der Waals surface area (Å²) in [5, 5.41) is 20.1. The number of carbonyl (C=O) groups is 1. The van der Waals surface area contributed by atoms with E-state index in [9.17, 15) is 23.1 Å². The maximum absolute atomic E-state index is 12.7. The first-order valence-corrected chi connectivity index (χ1v) is 11.5. The maximum Gasteiger partial charge on any atom is 0.435 e.